The van der Waals surface area contributed by atoms with Crippen molar-refractivity contribution in [2.75, 3.05) is 38.0 Å². The molecule has 0 radical (unpaired) electrons. The molecule has 1 aliphatic heterocycles. The highest BCUT2D eigenvalue weighted by atomic mass is 16.2. The van der Waals surface area contributed by atoms with E-state index in [4.69, 9.17) is 11.5 Å². The van der Waals surface area contributed by atoms with Crippen LogP contribution in [0.3, 0.4) is 0 Å². The molecule has 2 aromatic rings. The first-order chi connectivity index (χ1) is 20.5. The molecule has 13 nitrogen and oxygen atoms in total. The molecular formula is C30H45N9O4. The van der Waals surface area contributed by atoms with Crippen molar-refractivity contribution in [2.24, 2.45) is 11.5 Å². The van der Waals surface area contributed by atoms with Gasteiger partial charge in [-0.2, -0.15) is 4.98 Å². The Kier molecular flexibility index (Phi) is 10.9. The maximum atomic E-state index is 12.8. The molecule has 2 aliphatic rings. The number of hydrogen-bond acceptors (Lipinski definition) is 8. The first-order valence-electron chi connectivity index (χ1n) is 15.1. The summed E-state index contributed by atoms with van der Waals surface area (Å²) < 4.78 is 1.44. The molecule has 2 atom stereocenters. The van der Waals surface area contributed by atoms with Gasteiger partial charge in [-0.3, -0.25) is 24.4 Å². The highest BCUT2D eigenvalue weighted by Crippen LogP contribution is 2.24. The molecular weight excluding hydrogens is 550 g/mol. The maximum Gasteiger partial charge on any atom is 0.354 e. The lowest BCUT2D eigenvalue weighted by atomic mass is 9.90. The Balaban J connectivity index is 1.29. The third-order valence-corrected chi connectivity index (χ3v) is 8.32. The molecule has 43 heavy (non-hydrogen) atoms. The molecule has 4 amide bonds. The van der Waals surface area contributed by atoms with E-state index < -0.39 is 29.7 Å². The van der Waals surface area contributed by atoms with E-state index in [1.54, 1.807) is 35.9 Å². The van der Waals surface area contributed by atoms with Crippen LogP contribution in [0.4, 0.5) is 10.6 Å². The molecule has 4 rings (SSSR count). The van der Waals surface area contributed by atoms with Crippen LogP contribution >= 0.6 is 0 Å². The Morgan fingerprint density at radius 3 is 2.21 bits per heavy atom. The predicted octanol–water partition coefficient (Wildman–Crippen LogP) is 0.852. The molecule has 1 saturated heterocycles. The minimum Gasteiger partial charge on any atom is -0.343 e. The highest BCUT2D eigenvalue weighted by molar-refractivity contribution is 5.90. The van der Waals surface area contributed by atoms with E-state index in [9.17, 15) is 19.2 Å². The Labute approximate surface area is 252 Å². The van der Waals surface area contributed by atoms with E-state index in [0.717, 1.165) is 38.8 Å². The highest BCUT2D eigenvalue weighted by Gasteiger charge is 2.28. The zero-order valence-corrected chi connectivity index (χ0v) is 25.4. The van der Waals surface area contributed by atoms with Crippen LogP contribution in [0, 0.1) is 0 Å². The number of benzene rings is 1. The Morgan fingerprint density at radius 2 is 1.63 bits per heavy atom. The number of hydrogen-bond donors (Lipinski definition) is 4. The van der Waals surface area contributed by atoms with Crippen LogP contribution in [0.15, 0.2) is 41.3 Å². The van der Waals surface area contributed by atoms with Gasteiger partial charge in [0.15, 0.2) is 0 Å². The zero-order valence-electron chi connectivity index (χ0n) is 25.4. The molecule has 2 fully saturated rings. The van der Waals surface area contributed by atoms with E-state index in [1.165, 1.54) is 10.1 Å². The Morgan fingerprint density at radius 1 is 1.00 bits per heavy atom. The number of rotatable bonds is 9. The van der Waals surface area contributed by atoms with Gasteiger partial charge in [0.05, 0.1) is 11.7 Å². The summed E-state index contributed by atoms with van der Waals surface area (Å²) in [5.41, 5.74) is 13.0. The maximum absolute atomic E-state index is 12.8. The average Bonchev–Trinajstić information content (AvgIpc) is 3.00. The molecule has 0 unspecified atom stereocenters. The van der Waals surface area contributed by atoms with E-state index in [-0.39, 0.29) is 11.7 Å². The lowest BCUT2D eigenvalue weighted by Gasteiger charge is -2.36. The number of piperazine rings is 1. The second-order valence-corrected chi connectivity index (χ2v) is 11.5. The van der Waals surface area contributed by atoms with Crippen LogP contribution in [0.5, 0.6) is 0 Å². The van der Waals surface area contributed by atoms with Crippen molar-refractivity contribution in [2.45, 2.75) is 77.2 Å². The number of carbonyl (C=O) groups is 3. The molecule has 1 aliphatic carbocycles. The molecule has 6 N–H and O–H groups in total. The van der Waals surface area contributed by atoms with Crippen LogP contribution in [0.25, 0.3) is 5.69 Å². The van der Waals surface area contributed by atoms with Gasteiger partial charge in [-0.25, -0.2) is 9.59 Å². The monoisotopic (exact) mass is 595 g/mol. The van der Waals surface area contributed by atoms with Gasteiger partial charge in [-0.05, 0) is 69.8 Å². The van der Waals surface area contributed by atoms with Crippen LogP contribution < -0.4 is 27.8 Å². The van der Waals surface area contributed by atoms with Crippen molar-refractivity contribution >= 4 is 23.7 Å². The number of nitrogens with one attached hydrogen (secondary N) is 2. The van der Waals surface area contributed by atoms with Crippen LogP contribution in [-0.2, 0) is 16.1 Å². The standard InChI is InChI=1S/C30H45N9O4/c1-4-36(24-11-7-23(32)8-12-24)19-22-5-9-25(10-6-22)39-14-13-26(35-30(39)43)34-29(42)38-17-15-37(16-18-38)28(41)21(3)33-27(40)20(2)31/h5-6,9-10,13-14,20-21,23-24H,4,7-8,11-12,15-19,31-32H2,1-3H3,(H,33,40)(H,34,35,42,43)/t20-,21-,23-,24-/m1/s1. The SMILES string of the molecule is CCN(Cc1ccc(-n2ccc(NC(=O)N3CCN(C(=O)[C@@H](C)NC(=O)[C@@H](C)N)CC3)nc2=O)cc1)[C@H]1CC[C@H](N)CC1. The summed E-state index contributed by atoms with van der Waals surface area (Å²) in [7, 11) is 0. The largest absolute Gasteiger partial charge is 0.354 e. The van der Waals surface area contributed by atoms with E-state index in [1.807, 2.05) is 24.3 Å². The summed E-state index contributed by atoms with van der Waals surface area (Å²) >= 11 is 0. The number of nitrogens with zero attached hydrogens (tertiary/aromatic N) is 5. The summed E-state index contributed by atoms with van der Waals surface area (Å²) in [6, 6.07) is 8.52. The molecule has 2 heterocycles. The minimum absolute atomic E-state index is 0.152. The Bertz CT molecular complexity index is 1310. The minimum atomic E-state index is -0.710. The number of aromatic nitrogens is 2. The Hall–Kier alpha value is -3.81. The van der Waals surface area contributed by atoms with Gasteiger partial charge in [0.2, 0.25) is 11.8 Å². The summed E-state index contributed by atoms with van der Waals surface area (Å²) in [6.07, 6.45) is 5.99. The normalized spacial score (nSPS) is 20.4. The van der Waals surface area contributed by atoms with Gasteiger partial charge in [-0.1, -0.05) is 19.1 Å². The topological polar surface area (TPSA) is 172 Å². The number of anilines is 1. The van der Waals surface area contributed by atoms with E-state index >= 15 is 0 Å². The van der Waals surface area contributed by atoms with E-state index in [0.29, 0.717) is 44.0 Å². The second-order valence-electron chi connectivity index (χ2n) is 11.5. The van der Waals surface area contributed by atoms with Crippen molar-refractivity contribution in [3.05, 3.63) is 52.6 Å². The third kappa shape index (κ3) is 8.39. The van der Waals surface area contributed by atoms with Crippen LogP contribution in [0.2, 0.25) is 0 Å². The fraction of sp³-hybridized carbons (Fsp3) is 0.567. The van der Waals surface area contributed by atoms with Gasteiger partial charge in [0, 0.05) is 51.0 Å². The van der Waals surface area contributed by atoms with Crippen molar-refractivity contribution < 1.29 is 14.4 Å². The molecule has 0 spiro atoms. The first kappa shape index (κ1) is 32.1. The van der Waals surface area contributed by atoms with E-state index in [2.05, 4.69) is 27.4 Å². The molecule has 1 saturated carbocycles. The van der Waals surface area contributed by atoms with Gasteiger partial charge in [0.25, 0.3) is 0 Å². The third-order valence-electron chi connectivity index (χ3n) is 8.32. The fourth-order valence-electron chi connectivity index (χ4n) is 5.63. The fourth-order valence-corrected chi connectivity index (χ4v) is 5.63. The van der Waals surface area contributed by atoms with Crippen molar-refractivity contribution in [1.82, 2.24) is 29.6 Å². The summed E-state index contributed by atoms with van der Waals surface area (Å²) in [4.78, 5) is 59.8. The van der Waals surface area contributed by atoms with Gasteiger partial charge >= 0.3 is 11.7 Å². The first-order valence-corrected chi connectivity index (χ1v) is 15.1. The summed E-state index contributed by atoms with van der Waals surface area (Å²) in [5, 5.41) is 5.28. The number of urea groups is 1. The lowest BCUT2D eigenvalue weighted by molar-refractivity contribution is -0.137. The molecule has 0 bridgehead atoms. The van der Waals surface area contributed by atoms with Crippen LogP contribution in [-0.4, -0.2) is 99.0 Å². The molecule has 13 heteroatoms. The predicted molar refractivity (Wildman–Crippen MR) is 165 cm³/mol. The summed E-state index contributed by atoms with van der Waals surface area (Å²) in [6.45, 7) is 8.41. The summed E-state index contributed by atoms with van der Waals surface area (Å²) in [5.74, 6) is -0.478. The van der Waals surface area contributed by atoms with Gasteiger partial charge in [0.1, 0.15) is 11.9 Å². The number of nitrogens with two attached hydrogens (primary N) is 2. The number of carbonyl (C=O) groups excluding carboxylic acids is 3. The van der Waals surface area contributed by atoms with Crippen molar-refractivity contribution in [3.8, 4) is 5.69 Å². The quantitative estimate of drug-likeness (QED) is 0.330. The zero-order chi connectivity index (χ0) is 31.1. The van der Waals surface area contributed by atoms with Crippen molar-refractivity contribution in [3.63, 3.8) is 0 Å². The van der Waals surface area contributed by atoms with Crippen molar-refractivity contribution in [1.29, 1.82) is 0 Å². The smallest absolute Gasteiger partial charge is 0.343 e. The van der Waals surface area contributed by atoms with Crippen LogP contribution in [0.1, 0.15) is 52.0 Å². The molecule has 234 valence electrons. The van der Waals surface area contributed by atoms with Gasteiger partial charge in [-0.15, -0.1) is 0 Å². The molecule has 1 aromatic heterocycles. The molecule has 1 aromatic carbocycles. The second kappa shape index (κ2) is 14.6. The van der Waals surface area contributed by atoms with Gasteiger partial charge < -0.3 is 26.6 Å². The lowest BCUT2D eigenvalue weighted by Crippen LogP contribution is -2.56. The average molecular weight is 596 g/mol. The number of amides is 4.